The maximum Gasteiger partial charge on any atom is 0.416 e. The van der Waals surface area contributed by atoms with Crippen LogP contribution in [0.2, 0.25) is 0 Å². The largest absolute Gasteiger partial charge is 0.460 e. The van der Waals surface area contributed by atoms with Gasteiger partial charge in [-0.05, 0) is 39.0 Å². The number of ether oxygens (including phenoxy) is 2. The summed E-state index contributed by atoms with van der Waals surface area (Å²) in [6.45, 7) is 6.41. The number of carbonyl (C=O) groups excluding carboxylic acids is 1. The Hall–Kier alpha value is -2.29. The molecular formula is C17H22F3N3O3. The fraction of sp³-hybridized carbons (Fsp3) is 0.529. The monoisotopic (exact) mass is 373 g/mol. The van der Waals surface area contributed by atoms with Crippen molar-refractivity contribution in [2.45, 2.75) is 39.2 Å². The molecule has 0 aliphatic carbocycles. The van der Waals surface area contributed by atoms with Gasteiger partial charge in [-0.3, -0.25) is 5.43 Å². The van der Waals surface area contributed by atoms with E-state index in [1.807, 2.05) is 13.8 Å². The molecule has 1 aliphatic heterocycles. The number of rotatable bonds is 3. The number of alkyl halides is 3. The second-order valence-corrected chi connectivity index (χ2v) is 6.01. The third-order valence-electron chi connectivity index (χ3n) is 3.66. The first-order valence-electron chi connectivity index (χ1n) is 8.29. The SMILES string of the molecule is CCOC(=O)/C(=N/Nc1cccc(C(F)(F)F)c1)N1C[C@@H](C)O[C@@H](C)C1. The number of esters is 1. The number of hydrogen-bond acceptors (Lipinski definition) is 5. The number of morpholine rings is 1. The summed E-state index contributed by atoms with van der Waals surface area (Å²) in [5.74, 6) is -0.639. The van der Waals surface area contributed by atoms with E-state index in [2.05, 4.69) is 10.5 Å². The van der Waals surface area contributed by atoms with Gasteiger partial charge < -0.3 is 14.4 Å². The van der Waals surface area contributed by atoms with Crippen LogP contribution in [0.4, 0.5) is 18.9 Å². The van der Waals surface area contributed by atoms with Crippen LogP contribution >= 0.6 is 0 Å². The van der Waals surface area contributed by atoms with E-state index in [9.17, 15) is 18.0 Å². The predicted octanol–water partition coefficient (Wildman–Crippen LogP) is 3.10. The summed E-state index contributed by atoms with van der Waals surface area (Å²) in [6, 6.07) is 4.60. The fourth-order valence-electron chi connectivity index (χ4n) is 2.67. The number of carbonyl (C=O) groups is 1. The Morgan fingerprint density at radius 1 is 1.35 bits per heavy atom. The molecule has 0 saturated carbocycles. The molecule has 0 amide bonds. The molecule has 144 valence electrons. The molecule has 6 nitrogen and oxygen atoms in total. The van der Waals surface area contributed by atoms with E-state index < -0.39 is 17.7 Å². The first-order valence-corrected chi connectivity index (χ1v) is 8.29. The summed E-state index contributed by atoms with van der Waals surface area (Å²) >= 11 is 0. The van der Waals surface area contributed by atoms with Crippen LogP contribution in [0.25, 0.3) is 0 Å². The van der Waals surface area contributed by atoms with Crippen molar-refractivity contribution in [3.05, 3.63) is 29.8 Å². The molecule has 1 N–H and O–H groups in total. The van der Waals surface area contributed by atoms with Crippen molar-refractivity contribution in [2.75, 3.05) is 25.1 Å². The summed E-state index contributed by atoms with van der Waals surface area (Å²) in [5.41, 5.74) is 1.85. The third-order valence-corrected chi connectivity index (χ3v) is 3.66. The van der Waals surface area contributed by atoms with Crippen molar-refractivity contribution in [1.29, 1.82) is 0 Å². The Bertz CT molecular complexity index is 654. The number of benzene rings is 1. The number of nitrogens with zero attached hydrogens (tertiary/aromatic N) is 2. The second kappa shape index (κ2) is 8.39. The second-order valence-electron chi connectivity index (χ2n) is 6.01. The Labute approximate surface area is 150 Å². The van der Waals surface area contributed by atoms with Gasteiger partial charge in [0.1, 0.15) is 0 Å². The molecule has 0 aromatic heterocycles. The van der Waals surface area contributed by atoms with Gasteiger partial charge in [0.15, 0.2) is 0 Å². The maximum atomic E-state index is 12.8. The molecule has 0 radical (unpaired) electrons. The topological polar surface area (TPSA) is 63.2 Å². The van der Waals surface area contributed by atoms with Gasteiger partial charge in [0.2, 0.25) is 5.84 Å². The first-order chi connectivity index (χ1) is 12.2. The standard InChI is InChI=1S/C17H22F3N3O3/c1-4-25-16(24)15(23-9-11(2)26-12(3)10-23)22-21-14-7-5-6-13(8-14)17(18,19)20/h5-8,11-12,21H,4,9-10H2,1-3H3/b22-15-/t11-,12+. The summed E-state index contributed by atoms with van der Waals surface area (Å²) in [5, 5.41) is 4.02. The molecule has 0 unspecified atom stereocenters. The number of amidine groups is 1. The van der Waals surface area contributed by atoms with Gasteiger partial charge in [0.25, 0.3) is 0 Å². The van der Waals surface area contributed by atoms with Crippen LogP contribution in [0.15, 0.2) is 29.4 Å². The van der Waals surface area contributed by atoms with Crippen LogP contribution in [0, 0.1) is 0 Å². The number of halogens is 3. The summed E-state index contributed by atoms with van der Waals surface area (Å²) in [6.07, 6.45) is -4.70. The number of nitrogens with one attached hydrogen (secondary N) is 1. The Morgan fingerprint density at radius 3 is 2.58 bits per heavy atom. The van der Waals surface area contributed by atoms with Gasteiger partial charge in [-0.1, -0.05) is 6.07 Å². The molecule has 1 aliphatic rings. The van der Waals surface area contributed by atoms with E-state index in [1.165, 1.54) is 12.1 Å². The highest BCUT2D eigenvalue weighted by atomic mass is 19.4. The van der Waals surface area contributed by atoms with Gasteiger partial charge in [-0.25, -0.2) is 4.79 Å². The molecule has 0 bridgehead atoms. The lowest BCUT2D eigenvalue weighted by molar-refractivity contribution is -0.138. The number of hydrogen-bond donors (Lipinski definition) is 1. The van der Waals surface area contributed by atoms with Gasteiger partial charge in [-0.2, -0.15) is 13.2 Å². The minimum atomic E-state index is -4.46. The van der Waals surface area contributed by atoms with Crippen molar-refractivity contribution in [3.8, 4) is 0 Å². The van der Waals surface area contributed by atoms with Crippen LogP contribution < -0.4 is 5.43 Å². The zero-order chi connectivity index (χ0) is 19.3. The van der Waals surface area contributed by atoms with Crippen molar-refractivity contribution >= 4 is 17.5 Å². The summed E-state index contributed by atoms with van der Waals surface area (Å²) < 4.78 is 49.1. The Balaban J connectivity index is 2.24. The molecular weight excluding hydrogens is 351 g/mol. The van der Waals surface area contributed by atoms with E-state index in [4.69, 9.17) is 9.47 Å². The lowest BCUT2D eigenvalue weighted by atomic mass is 10.2. The molecule has 26 heavy (non-hydrogen) atoms. The molecule has 0 spiro atoms. The zero-order valence-corrected chi connectivity index (χ0v) is 14.8. The smallest absolute Gasteiger partial charge is 0.416 e. The highest BCUT2D eigenvalue weighted by Crippen LogP contribution is 2.30. The quantitative estimate of drug-likeness (QED) is 0.382. The van der Waals surface area contributed by atoms with Gasteiger partial charge >= 0.3 is 12.1 Å². The van der Waals surface area contributed by atoms with Crippen molar-refractivity contribution in [2.24, 2.45) is 5.10 Å². The Morgan fingerprint density at radius 2 is 2.00 bits per heavy atom. The average Bonchev–Trinajstić information content (AvgIpc) is 2.54. The fourth-order valence-corrected chi connectivity index (χ4v) is 2.67. The van der Waals surface area contributed by atoms with Gasteiger partial charge in [0.05, 0.1) is 30.1 Å². The van der Waals surface area contributed by atoms with Crippen LogP contribution in [-0.4, -0.2) is 48.6 Å². The van der Waals surface area contributed by atoms with Crippen molar-refractivity contribution in [1.82, 2.24) is 4.90 Å². The van der Waals surface area contributed by atoms with Gasteiger partial charge in [0, 0.05) is 13.1 Å². The molecule has 9 heteroatoms. The van der Waals surface area contributed by atoms with Crippen LogP contribution in [0.1, 0.15) is 26.3 Å². The molecule has 1 fully saturated rings. The summed E-state index contributed by atoms with van der Waals surface area (Å²) in [7, 11) is 0. The van der Waals surface area contributed by atoms with Crippen LogP contribution in [0.5, 0.6) is 0 Å². The maximum absolute atomic E-state index is 12.8. The third kappa shape index (κ3) is 5.35. The minimum absolute atomic E-state index is 0.00580. The van der Waals surface area contributed by atoms with Gasteiger partial charge in [-0.15, -0.1) is 5.10 Å². The molecule has 2 rings (SSSR count). The highest BCUT2D eigenvalue weighted by Gasteiger charge is 2.31. The predicted molar refractivity (Wildman–Crippen MR) is 90.7 cm³/mol. The molecule has 1 saturated heterocycles. The van der Waals surface area contributed by atoms with E-state index in [1.54, 1.807) is 11.8 Å². The lowest BCUT2D eigenvalue weighted by Crippen LogP contribution is -2.51. The molecule has 1 aromatic carbocycles. The van der Waals surface area contributed by atoms with Crippen molar-refractivity contribution in [3.63, 3.8) is 0 Å². The summed E-state index contributed by atoms with van der Waals surface area (Å²) in [4.78, 5) is 14.0. The number of anilines is 1. The number of hydrazone groups is 1. The van der Waals surface area contributed by atoms with Crippen LogP contribution in [-0.2, 0) is 20.4 Å². The minimum Gasteiger partial charge on any atom is -0.460 e. The Kier molecular flexibility index (Phi) is 6.47. The van der Waals surface area contributed by atoms with Crippen LogP contribution in [0.3, 0.4) is 0 Å². The molecule has 1 heterocycles. The molecule has 2 atom stereocenters. The van der Waals surface area contributed by atoms with Crippen molar-refractivity contribution < 1.29 is 27.4 Å². The zero-order valence-electron chi connectivity index (χ0n) is 14.8. The molecule has 1 aromatic rings. The highest BCUT2D eigenvalue weighted by molar-refractivity contribution is 6.35. The first kappa shape index (κ1) is 20.0. The lowest BCUT2D eigenvalue weighted by Gasteiger charge is -2.36. The van der Waals surface area contributed by atoms with E-state index in [-0.39, 0.29) is 30.3 Å². The van der Waals surface area contributed by atoms with E-state index in [0.29, 0.717) is 13.1 Å². The van der Waals surface area contributed by atoms with E-state index >= 15 is 0 Å². The van der Waals surface area contributed by atoms with E-state index in [0.717, 1.165) is 12.1 Å². The average molecular weight is 373 g/mol. The normalized spacial score (nSPS) is 21.5.